The van der Waals surface area contributed by atoms with E-state index in [1.54, 1.807) is 35.7 Å². The molecule has 4 aliphatic heterocycles. The molecule has 0 amide bonds. The van der Waals surface area contributed by atoms with Crippen LogP contribution in [-0.4, -0.2) is 165 Å². The van der Waals surface area contributed by atoms with E-state index in [1.807, 2.05) is 52.0 Å². The zero-order valence-corrected chi connectivity index (χ0v) is 42.0. The highest BCUT2D eigenvalue weighted by Crippen LogP contribution is 2.43. The first-order valence-electron chi connectivity index (χ1n) is 24.0. The number of phenols is 1. The van der Waals surface area contributed by atoms with Gasteiger partial charge in [-0.15, -0.1) is 0 Å². The largest absolute Gasteiger partial charge is 0.508 e. The zero-order valence-electron chi connectivity index (χ0n) is 40.3. The molecule has 2 fully saturated rings. The van der Waals surface area contributed by atoms with Crippen LogP contribution in [0.15, 0.2) is 121 Å². The summed E-state index contributed by atoms with van der Waals surface area (Å²) < 4.78 is 21.7. The number of rotatable bonds is 16. The maximum atomic E-state index is 11.8. The Morgan fingerprint density at radius 3 is 1.45 bits per heavy atom. The second kappa shape index (κ2) is 25.8. The number of benzene rings is 4. The Kier molecular flexibility index (Phi) is 19.4. The van der Waals surface area contributed by atoms with Gasteiger partial charge < -0.3 is 45.3 Å². The van der Waals surface area contributed by atoms with E-state index >= 15 is 0 Å². The van der Waals surface area contributed by atoms with Crippen LogP contribution in [0.3, 0.4) is 0 Å². The number of aliphatic imine (C=N–C) groups is 2. The van der Waals surface area contributed by atoms with Gasteiger partial charge in [0.15, 0.2) is 0 Å². The van der Waals surface area contributed by atoms with Gasteiger partial charge in [-0.2, -0.15) is 0 Å². The van der Waals surface area contributed by atoms with E-state index in [1.165, 1.54) is 15.4 Å². The third kappa shape index (κ3) is 14.5. The Morgan fingerprint density at radius 2 is 0.971 bits per heavy atom. The Balaban J connectivity index is 0.000000204. The normalized spacial score (nSPS) is 16.9. The quantitative estimate of drug-likeness (QED) is 0.0819. The van der Waals surface area contributed by atoms with Gasteiger partial charge in [-0.05, 0) is 54.3 Å². The third-order valence-corrected chi connectivity index (χ3v) is 14.6. The van der Waals surface area contributed by atoms with Crippen molar-refractivity contribution in [3.05, 3.63) is 102 Å². The summed E-state index contributed by atoms with van der Waals surface area (Å²) in [5.41, 5.74) is 15.8. The van der Waals surface area contributed by atoms with Crippen molar-refractivity contribution in [3.63, 3.8) is 0 Å². The Morgan fingerprint density at radius 1 is 0.551 bits per heavy atom. The Hall–Kier alpha value is -4.98. The third-order valence-electron chi connectivity index (χ3n) is 12.3. The number of fused-ring (bicyclic) bond motifs is 4. The highest BCUT2D eigenvalue weighted by molar-refractivity contribution is 7.99. The molecule has 0 radical (unpaired) electrons. The molecule has 0 aliphatic carbocycles. The Labute approximate surface area is 415 Å². The van der Waals surface area contributed by atoms with Gasteiger partial charge in [0.05, 0.1) is 37.8 Å². The van der Waals surface area contributed by atoms with E-state index in [-0.39, 0.29) is 42.7 Å². The molecular formula is C52H68N8O7S2. The monoisotopic (exact) mass is 980 g/mol. The van der Waals surface area contributed by atoms with Crippen LogP contribution in [0.25, 0.3) is 0 Å². The SMILES string of the molecule is CC(C)C(N)C(=O)OCCOCCN1CCN(C2=Nc3ccc(O)cc3Sc3ccccc32)CC1.CC(C)C(N)C(=O)OCCOCCN1CCN(C2=Nc3ccccc3Sc3ccccc32)CC1. The highest BCUT2D eigenvalue weighted by Gasteiger charge is 2.27. The minimum Gasteiger partial charge on any atom is -0.508 e. The molecule has 4 aromatic carbocycles. The maximum Gasteiger partial charge on any atom is 0.323 e. The molecule has 5 N–H and O–H groups in total. The number of para-hydroxylation sites is 1. The first kappa shape index (κ1) is 51.9. The van der Waals surface area contributed by atoms with Crippen LogP contribution < -0.4 is 11.5 Å². The molecule has 17 heteroatoms. The van der Waals surface area contributed by atoms with E-state index in [0.29, 0.717) is 26.4 Å². The smallest absolute Gasteiger partial charge is 0.323 e. The first-order chi connectivity index (χ1) is 33.4. The molecule has 4 aliphatic rings. The molecule has 4 heterocycles. The van der Waals surface area contributed by atoms with Gasteiger partial charge in [-0.1, -0.05) is 99.7 Å². The molecule has 0 aromatic heterocycles. The molecule has 2 atom stereocenters. The van der Waals surface area contributed by atoms with Crippen molar-refractivity contribution < 1.29 is 33.6 Å². The summed E-state index contributed by atoms with van der Waals surface area (Å²) in [5, 5.41) is 9.94. The minimum absolute atomic E-state index is 0.0569. The number of carbonyl (C=O) groups excluding carboxylic acids is 2. The van der Waals surface area contributed by atoms with Gasteiger partial charge in [0.2, 0.25) is 0 Å². The van der Waals surface area contributed by atoms with E-state index in [4.69, 9.17) is 40.4 Å². The van der Waals surface area contributed by atoms with E-state index in [0.717, 1.165) is 104 Å². The van der Waals surface area contributed by atoms with Gasteiger partial charge in [-0.3, -0.25) is 19.4 Å². The van der Waals surface area contributed by atoms with Gasteiger partial charge in [0.1, 0.15) is 42.7 Å². The van der Waals surface area contributed by atoms with Crippen LogP contribution in [0.4, 0.5) is 11.4 Å². The fraction of sp³-hybridized carbons (Fsp3) is 0.462. The van der Waals surface area contributed by atoms with Gasteiger partial charge >= 0.3 is 11.9 Å². The summed E-state index contributed by atoms with van der Waals surface area (Å²) in [5.74, 6) is 1.68. The number of carbonyl (C=O) groups is 2. The molecule has 370 valence electrons. The molecular weight excluding hydrogens is 913 g/mol. The molecule has 15 nitrogen and oxygen atoms in total. The summed E-state index contributed by atoms with van der Waals surface area (Å²) in [6, 6.07) is 29.4. The van der Waals surface area contributed by atoms with Crippen molar-refractivity contribution in [3.8, 4) is 5.75 Å². The fourth-order valence-electron chi connectivity index (χ4n) is 7.96. The van der Waals surface area contributed by atoms with Crippen LogP contribution in [0.1, 0.15) is 38.8 Å². The van der Waals surface area contributed by atoms with Gasteiger partial charge in [-0.25, -0.2) is 9.98 Å². The van der Waals surface area contributed by atoms with Crippen LogP contribution in [0.5, 0.6) is 5.75 Å². The summed E-state index contributed by atoms with van der Waals surface area (Å²) in [4.78, 5) is 47.7. The number of hydrogen-bond donors (Lipinski definition) is 3. The lowest BCUT2D eigenvalue weighted by Crippen LogP contribution is -2.49. The molecule has 8 rings (SSSR count). The van der Waals surface area contributed by atoms with Crippen molar-refractivity contribution >= 4 is 58.5 Å². The number of hydrogen-bond acceptors (Lipinski definition) is 17. The number of esters is 2. The van der Waals surface area contributed by atoms with Crippen molar-refractivity contribution in [2.75, 3.05) is 105 Å². The fourth-order valence-corrected chi connectivity index (χ4v) is 10.0. The van der Waals surface area contributed by atoms with Crippen molar-refractivity contribution in [2.24, 2.45) is 33.3 Å². The van der Waals surface area contributed by atoms with Crippen LogP contribution >= 0.6 is 23.5 Å². The summed E-state index contributed by atoms with van der Waals surface area (Å²) in [6.45, 7) is 19.0. The van der Waals surface area contributed by atoms with Crippen LogP contribution in [-0.2, 0) is 28.5 Å². The number of nitrogens with zero attached hydrogens (tertiary/aromatic N) is 6. The summed E-state index contributed by atoms with van der Waals surface area (Å²) in [6.07, 6.45) is 0. The number of amidine groups is 2. The maximum absolute atomic E-state index is 11.8. The second-order valence-corrected chi connectivity index (χ2v) is 20.1. The van der Waals surface area contributed by atoms with E-state index < -0.39 is 12.1 Å². The molecule has 0 spiro atoms. The zero-order chi connectivity index (χ0) is 48.7. The number of piperazine rings is 2. The second-order valence-electron chi connectivity index (χ2n) is 17.9. The summed E-state index contributed by atoms with van der Waals surface area (Å²) >= 11 is 3.43. The molecule has 69 heavy (non-hydrogen) atoms. The predicted molar refractivity (Wildman–Crippen MR) is 273 cm³/mol. The number of nitrogens with two attached hydrogens (primary N) is 2. The average Bonchev–Trinajstić information content (AvgIpc) is 3.64. The predicted octanol–water partition coefficient (Wildman–Crippen LogP) is 6.49. The highest BCUT2D eigenvalue weighted by atomic mass is 32.2. The summed E-state index contributed by atoms with van der Waals surface area (Å²) in [7, 11) is 0. The van der Waals surface area contributed by atoms with Crippen molar-refractivity contribution in [1.29, 1.82) is 0 Å². The van der Waals surface area contributed by atoms with Gasteiger partial charge in [0, 0.05) is 96.2 Å². The molecule has 4 aromatic rings. The van der Waals surface area contributed by atoms with E-state index in [2.05, 4.69) is 74.2 Å². The number of phenolic OH excluding ortho intramolecular Hbond substituents is 1. The Bertz CT molecular complexity index is 2390. The molecule has 0 saturated carbocycles. The standard InChI is InChI=1S/C26H34N4O4S.C26H34N4O3S/c1-18(2)24(27)26(32)34-16-15-33-14-13-29-9-11-30(12-10-29)25-20-5-3-4-6-22(20)35-23-17-19(31)7-8-21(23)28-25;1-19(2)24(27)26(31)33-18-17-32-16-15-29-11-13-30(14-12-29)25-20-7-3-5-9-22(20)34-23-10-6-4-8-21(23)28-25/h3-8,17-18,24,31H,9-16,27H2,1-2H3;3-10,19,24H,11-18,27H2,1-2H3. The van der Waals surface area contributed by atoms with Crippen LogP contribution in [0, 0.1) is 11.8 Å². The van der Waals surface area contributed by atoms with Crippen molar-refractivity contribution in [1.82, 2.24) is 19.6 Å². The average molecular weight is 981 g/mol. The lowest BCUT2D eigenvalue weighted by Gasteiger charge is -2.36. The minimum atomic E-state index is -0.587. The van der Waals surface area contributed by atoms with E-state index in [9.17, 15) is 14.7 Å². The molecule has 0 bridgehead atoms. The van der Waals surface area contributed by atoms with Crippen LogP contribution in [0.2, 0.25) is 0 Å². The lowest BCUT2D eigenvalue weighted by atomic mass is 10.1. The first-order valence-corrected chi connectivity index (χ1v) is 25.7. The topological polar surface area (TPSA) is 181 Å². The number of ether oxygens (including phenoxy) is 4. The molecule has 2 unspecified atom stereocenters. The van der Waals surface area contributed by atoms with Gasteiger partial charge in [0.25, 0.3) is 0 Å². The number of aromatic hydroxyl groups is 1. The molecule has 2 saturated heterocycles. The van der Waals surface area contributed by atoms with Crippen molar-refractivity contribution in [2.45, 2.75) is 59.4 Å². The lowest BCUT2D eigenvalue weighted by molar-refractivity contribution is -0.148.